The quantitative estimate of drug-likeness (QED) is 0.522. The van der Waals surface area contributed by atoms with E-state index in [4.69, 9.17) is 4.74 Å². The molecular weight excluding hydrogens is 232 g/mol. The number of carbonyl (C=O) groups is 1. The Hall–Kier alpha value is -1.78. The minimum Gasteiger partial charge on any atom is -0.618 e. The van der Waals surface area contributed by atoms with Crippen LogP contribution in [0.25, 0.3) is 0 Å². The molecule has 1 amide bonds. The number of ether oxygens (including phenoxy) is 1. The maximum Gasteiger partial charge on any atom is 0.411 e. The number of rotatable bonds is 0. The van der Waals surface area contributed by atoms with Gasteiger partial charge in [-0.05, 0) is 26.8 Å². The van der Waals surface area contributed by atoms with Crippen LogP contribution in [0.2, 0.25) is 0 Å². The van der Waals surface area contributed by atoms with Crippen molar-refractivity contribution >= 4 is 6.09 Å². The van der Waals surface area contributed by atoms with Gasteiger partial charge in [-0.3, -0.25) is 4.90 Å². The van der Waals surface area contributed by atoms with E-state index < -0.39 is 5.60 Å². The molecule has 98 valence electrons. The lowest BCUT2D eigenvalue weighted by Crippen LogP contribution is -2.37. The summed E-state index contributed by atoms with van der Waals surface area (Å²) < 4.78 is 6.19. The molecule has 2 rings (SSSR count). The molecule has 0 saturated carbocycles. The van der Waals surface area contributed by atoms with Gasteiger partial charge in [0, 0.05) is 18.6 Å². The second-order valence-corrected chi connectivity index (χ2v) is 5.58. The molecule has 0 radical (unpaired) electrons. The van der Waals surface area contributed by atoms with Gasteiger partial charge in [0.1, 0.15) is 12.1 Å². The SMILES string of the molecule is Cc1ccc2c([n+]1[O-])CN(C(=O)OC(C)(C)C)C2. The summed E-state index contributed by atoms with van der Waals surface area (Å²) in [6.45, 7) is 7.98. The Morgan fingerprint density at radius 3 is 2.67 bits per heavy atom. The first-order valence-corrected chi connectivity index (χ1v) is 5.97. The number of carbonyl (C=O) groups excluding carboxylic acids is 1. The molecule has 1 aromatic heterocycles. The fourth-order valence-corrected chi connectivity index (χ4v) is 1.94. The van der Waals surface area contributed by atoms with E-state index in [0.29, 0.717) is 24.5 Å². The predicted molar refractivity (Wildman–Crippen MR) is 65.6 cm³/mol. The zero-order valence-electron chi connectivity index (χ0n) is 11.2. The number of fused-ring (bicyclic) bond motifs is 1. The summed E-state index contributed by atoms with van der Waals surface area (Å²) in [5, 5.41) is 11.9. The average Bonchev–Trinajstić information content (AvgIpc) is 2.66. The van der Waals surface area contributed by atoms with Gasteiger partial charge in [-0.15, -0.1) is 0 Å². The largest absolute Gasteiger partial charge is 0.618 e. The summed E-state index contributed by atoms with van der Waals surface area (Å²) in [4.78, 5) is 13.5. The molecule has 1 aliphatic heterocycles. The van der Waals surface area contributed by atoms with Crippen molar-refractivity contribution < 1.29 is 14.3 Å². The summed E-state index contributed by atoms with van der Waals surface area (Å²) in [7, 11) is 0. The molecule has 0 aromatic carbocycles. The highest BCUT2D eigenvalue weighted by atomic mass is 16.6. The van der Waals surface area contributed by atoms with E-state index in [-0.39, 0.29) is 6.09 Å². The van der Waals surface area contributed by atoms with Crippen LogP contribution < -0.4 is 4.73 Å². The normalized spacial score (nSPS) is 14.6. The molecule has 0 spiro atoms. The first-order chi connectivity index (χ1) is 8.28. The van der Waals surface area contributed by atoms with Crippen LogP contribution in [-0.2, 0) is 17.8 Å². The van der Waals surface area contributed by atoms with Crippen molar-refractivity contribution in [1.82, 2.24) is 4.90 Å². The van der Waals surface area contributed by atoms with Crippen molar-refractivity contribution in [1.29, 1.82) is 0 Å². The van der Waals surface area contributed by atoms with Crippen LogP contribution in [0.15, 0.2) is 12.1 Å². The highest BCUT2D eigenvalue weighted by Crippen LogP contribution is 2.22. The van der Waals surface area contributed by atoms with E-state index >= 15 is 0 Å². The van der Waals surface area contributed by atoms with Crippen molar-refractivity contribution in [3.05, 3.63) is 34.3 Å². The zero-order chi connectivity index (χ0) is 13.5. The van der Waals surface area contributed by atoms with Gasteiger partial charge in [0.15, 0.2) is 5.69 Å². The molecule has 0 bridgehead atoms. The lowest BCUT2D eigenvalue weighted by Gasteiger charge is -2.23. The van der Waals surface area contributed by atoms with Crippen molar-refractivity contribution in [3.8, 4) is 0 Å². The summed E-state index contributed by atoms with van der Waals surface area (Å²) in [6.07, 6.45) is -0.378. The summed E-state index contributed by atoms with van der Waals surface area (Å²) in [6, 6.07) is 3.66. The molecule has 0 atom stereocenters. The van der Waals surface area contributed by atoms with E-state index in [2.05, 4.69) is 0 Å². The van der Waals surface area contributed by atoms with E-state index in [1.807, 2.05) is 26.8 Å². The van der Waals surface area contributed by atoms with Crippen LogP contribution in [0.1, 0.15) is 37.7 Å². The minimum atomic E-state index is -0.519. The highest BCUT2D eigenvalue weighted by molar-refractivity contribution is 5.69. The molecule has 0 unspecified atom stereocenters. The third-order valence-electron chi connectivity index (χ3n) is 2.82. The minimum absolute atomic E-state index is 0.315. The number of hydrogen-bond acceptors (Lipinski definition) is 3. The Morgan fingerprint density at radius 2 is 2.06 bits per heavy atom. The number of nitrogens with zero attached hydrogens (tertiary/aromatic N) is 2. The molecule has 1 aromatic rings. The number of hydrogen-bond donors (Lipinski definition) is 0. The predicted octanol–water partition coefficient (Wildman–Crippen LogP) is 1.88. The van der Waals surface area contributed by atoms with E-state index in [0.717, 1.165) is 10.3 Å². The van der Waals surface area contributed by atoms with Gasteiger partial charge in [-0.25, -0.2) is 4.79 Å². The topological polar surface area (TPSA) is 56.5 Å². The standard InChI is InChI=1S/C13H18N2O3/c1-9-5-6-10-7-14(8-11(10)15(9)17)12(16)18-13(2,3)4/h5-6H,7-8H2,1-4H3. The van der Waals surface area contributed by atoms with Crippen LogP contribution in [0, 0.1) is 12.1 Å². The molecule has 18 heavy (non-hydrogen) atoms. The molecule has 0 fully saturated rings. The second kappa shape index (κ2) is 4.15. The Morgan fingerprint density at radius 1 is 1.39 bits per heavy atom. The maximum atomic E-state index is 11.9. The number of aromatic nitrogens is 1. The van der Waals surface area contributed by atoms with Crippen LogP contribution in [0.5, 0.6) is 0 Å². The fourth-order valence-electron chi connectivity index (χ4n) is 1.94. The monoisotopic (exact) mass is 250 g/mol. The molecular formula is C13H18N2O3. The third kappa shape index (κ3) is 2.39. The Labute approximate surface area is 107 Å². The molecule has 0 N–H and O–H groups in total. The number of amides is 1. The van der Waals surface area contributed by atoms with Crippen molar-refractivity contribution in [2.24, 2.45) is 0 Å². The van der Waals surface area contributed by atoms with E-state index in [1.165, 1.54) is 0 Å². The van der Waals surface area contributed by atoms with Crippen LogP contribution in [0.3, 0.4) is 0 Å². The van der Waals surface area contributed by atoms with E-state index in [9.17, 15) is 10.0 Å². The Balaban J connectivity index is 2.15. The van der Waals surface area contributed by atoms with Gasteiger partial charge in [-0.1, -0.05) is 0 Å². The molecule has 2 heterocycles. The second-order valence-electron chi connectivity index (χ2n) is 5.58. The van der Waals surface area contributed by atoms with Crippen molar-refractivity contribution in [2.45, 2.75) is 46.4 Å². The first-order valence-electron chi connectivity index (χ1n) is 5.97. The van der Waals surface area contributed by atoms with Gasteiger partial charge >= 0.3 is 6.09 Å². The van der Waals surface area contributed by atoms with Crippen LogP contribution >= 0.6 is 0 Å². The summed E-state index contributed by atoms with van der Waals surface area (Å²) in [5.74, 6) is 0. The van der Waals surface area contributed by atoms with Crippen molar-refractivity contribution in [2.75, 3.05) is 0 Å². The third-order valence-corrected chi connectivity index (χ3v) is 2.82. The lowest BCUT2D eigenvalue weighted by molar-refractivity contribution is -0.621. The van der Waals surface area contributed by atoms with Crippen LogP contribution in [-0.4, -0.2) is 16.6 Å². The summed E-state index contributed by atoms with van der Waals surface area (Å²) in [5.41, 5.74) is 1.65. The highest BCUT2D eigenvalue weighted by Gasteiger charge is 2.32. The van der Waals surface area contributed by atoms with Crippen LogP contribution in [0.4, 0.5) is 4.79 Å². The van der Waals surface area contributed by atoms with Gasteiger partial charge in [-0.2, -0.15) is 4.73 Å². The Kier molecular flexibility index (Phi) is 2.92. The van der Waals surface area contributed by atoms with Gasteiger partial charge in [0.25, 0.3) is 0 Å². The van der Waals surface area contributed by atoms with Gasteiger partial charge in [0.05, 0.1) is 6.54 Å². The summed E-state index contributed by atoms with van der Waals surface area (Å²) >= 11 is 0. The lowest BCUT2D eigenvalue weighted by atomic mass is 10.2. The number of pyridine rings is 1. The van der Waals surface area contributed by atoms with Crippen molar-refractivity contribution in [3.63, 3.8) is 0 Å². The first kappa shape index (κ1) is 12.7. The molecule has 1 aliphatic rings. The maximum absolute atomic E-state index is 11.9. The smallest absolute Gasteiger partial charge is 0.411 e. The van der Waals surface area contributed by atoms with Gasteiger partial charge in [0.2, 0.25) is 5.69 Å². The van der Waals surface area contributed by atoms with E-state index in [1.54, 1.807) is 17.9 Å². The Bertz CT molecular complexity index is 492. The van der Waals surface area contributed by atoms with Gasteiger partial charge < -0.3 is 9.94 Å². The molecule has 0 aliphatic carbocycles. The average molecular weight is 250 g/mol. The fraction of sp³-hybridized carbons (Fsp3) is 0.538. The number of aryl methyl sites for hydroxylation is 1. The molecule has 5 heteroatoms. The molecule has 5 nitrogen and oxygen atoms in total. The molecule has 0 saturated heterocycles. The zero-order valence-corrected chi connectivity index (χ0v) is 11.2.